The maximum atomic E-state index is 12.9. The second kappa shape index (κ2) is 42.5. The quantitative estimate of drug-likeness (QED) is 0.0145. The first-order valence-electron chi connectivity index (χ1n) is 27.0. The minimum atomic E-state index is -5.12. The molecule has 0 aliphatic heterocycles. The lowest BCUT2D eigenvalue weighted by atomic mass is 9.85. The Hall–Kier alpha value is -1.41. The molecule has 0 saturated heterocycles. The van der Waals surface area contributed by atoms with Gasteiger partial charge in [-0.05, 0) is 38.5 Å². The average Bonchev–Trinajstić information content (AvgIpc) is 3.30. The van der Waals surface area contributed by atoms with Gasteiger partial charge < -0.3 is 39.9 Å². The topological polar surface area (TPSA) is 210 Å². The number of aliphatic hydroxyl groups is 5. The number of hydrogen-bond donors (Lipinski definition) is 6. The number of phosphoric ester groups is 1. The highest BCUT2D eigenvalue weighted by atomic mass is 31.2. The van der Waals surface area contributed by atoms with Gasteiger partial charge in [-0.15, -0.1) is 0 Å². The van der Waals surface area contributed by atoms with Gasteiger partial charge in [0, 0.05) is 12.8 Å². The Bertz CT molecular complexity index is 1200. The van der Waals surface area contributed by atoms with Gasteiger partial charge in [0.2, 0.25) is 0 Å². The molecular weight excluding hydrogens is 864 g/mol. The first-order chi connectivity index (χ1) is 31.9. The molecule has 0 heterocycles. The largest absolute Gasteiger partial charge is 0.472 e. The van der Waals surface area contributed by atoms with Gasteiger partial charge >= 0.3 is 19.8 Å². The Morgan fingerprint density at radius 2 is 0.773 bits per heavy atom. The molecule has 0 bridgehead atoms. The van der Waals surface area contributed by atoms with E-state index in [1.165, 1.54) is 161 Å². The van der Waals surface area contributed by atoms with Gasteiger partial charge in [0.1, 0.15) is 43.2 Å². The Balaban J connectivity index is 2.36. The molecule has 0 spiro atoms. The van der Waals surface area contributed by atoms with Gasteiger partial charge in [0.05, 0.1) is 6.61 Å². The molecule has 1 aliphatic rings. The summed E-state index contributed by atoms with van der Waals surface area (Å²) in [5, 5.41) is 50.3. The van der Waals surface area contributed by atoms with Crippen LogP contribution in [0, 0.1) is 0 Å². The number of carbonyl (C=O) groups is 2. The van der Waals surface area contributed by atoms with Crippen LogP contribution in [0.3, 0.4) is 0 Å². The molecule has 14 heteroatoms. The highest BCUT2D eigenvalue weighted by Gasteiger charge is 2.51. The molecule has 8 atom stereocenters. The monoisotopic (exact) mass is 963 g/mol. The summed E-state index contributed by atoms with van der Waals surface area (Å²) in [5.74, 6) is -1.09. The van der Waals surface area contributed by atoms with Crippen LogP contribution in [-0.4, -0.2) is 98.3 Å². The molecule has 6 unspecified atom stereocenters. The van der Waals surface area contributed by atoms with Gasteiger partial charge in [-0.2, -0.15) is 0 Å². The van der Waals surface area contributed by atoms with E-state index in [4.69, 9.17) is 18.5 Å². The lowest BCUT2D eigenvalue weighted by Crippen LogP contribution is -2.64. The van der Waals surface area contributed by atoms with Crippen LogP contribution in [-0.2, 0) is 32.7 Å². The minimum Gasteiger partial charge on any atom is -0.462 e. The van der Waals surface area contributed by atoms with Crippen LogP contribution < -0.4 is 0 Å². The van der Waals surface area contributed by atoms with Crippen molar-refractivity contribution in [1.82, 2.24) is 0 Å². The van der Waals surface area contributed by atoms with E-state index in [1.807, 2.05) is 0 Å². The van der Waals surface area contributed by atoms with E-state index >= 15 is 0 Å². The van der Waals surface area contributed by atoms with E-state index in [9.17, 15) is 44.6 Å². The van der Waals surface area contributed by atoms with Crippen LogP contribution in [0.25, 0.3) is 0 Å². The SMILES string of the molecule is CCCCCCCC/C=C/CCCCCCCCCC(=O)O[C@@H](COC(=O)CCCCCCCCCCCCCCCCCCCCCC)COP(=O)(O)OC1C(O)C(O)C(O)[C@H](O)C1O. The van der Waals surface area contributed by atoms with Crippen LogP contribution in [0.1, 0.15) is 251 Å². The molecule has 1 fully saturated rings. The lowest BCUT2D eigenvalue weighted by molar-refractivity contribution is -0.220. The number of allylic oxidation sites excluding steroid dienone is 2. The average molecular weight is 963 g/mol. The third-order valence-corrected chi connectivity index (χ3v) is 13.8. The van der Waals surface area contributed by atoms with Crippen molar-refractivity contribution in [1.29, 1.82) is 0 Å². The molecule has 0 aromatic carbocycles. The fourth-order valence-electron chi connectivity index (χ4n) is 8.52. The fourth-order valence-corrected chi connectivity index (χ4v) is 9.49. The summed E-state index contributed by atoms with van der Waals surface area (Å²) >= 11 is 0. The van der Waals surface area contributed by atoms with Crippen molar-refractivity contribution in [3.8, 4) is 0 Å². The number of aliphatic hydroxyl groups excluding tert-OH is 5. The van der Waals surface area contributed by atoms with Crippen LogP contribution in [0.4, 0.5) is 0 Å². The Morgan fingerprint density at radius 1 is 0.455 bits per heavy atom. The van der Waals surface area contributed by atoms with E-state index in [2.05, 4.69) is 26.0 Å². The van der Waals surface area contributed by atoms with Crippen molar-refractivity contribution >= 4 is 19.8 Å². The lowest BCUT2D eigenvalue weighted by Gasteiger charge is -2.41. The number of hydrogen-bond acceptors (Lipinski definition) is 12. The summed E-state index contributed by atoms with van der Waals surface area (Å²) in [7, 11) is -5.12. The Morgan fingerprint density at radius 3 is 1.15 bits per heavy atom. The van der Waals surface area contributed by atoms with Crippen LogP contribution in [0.15, 0.2) is 12.2 Å². The summed E-state index contributed by atoms with van der Waals surface area (Å²) in [4.78, 5) is 35.9. The zero-order chi connectivity index (χ0) is 48.5. The van der Waals surface area contributed by atoms with Crippen molar-refractivity contribution in [2.45, 2.75) is 294 Å². The molecule has 0 aromatic rings. The smallest absolute Gasteiger partial charge is 0.462 e. The Labute approximate surface area is 401 Å². The number of carbonyl (C=O) groups excluding carboxylic acids is 2. The molecule has 6 N–H and O–H groups in total. The number of ether oxygens (including phenoxy) is 2. The second-order valence-corrected chi connectivity index (χ2v) is 20.5. The normalized spacial score (nSPS) is 21.3. The predicted octanol–water partition coefficient (Wildman–Crippen LogP) is 11.8. The molecule has 66 heavy (non-hydrogen) atoms. The molecule has 1 rings (SSSR count). The molecule has 0 radical (unpaired) electrons. The summed E-state index contributed by atoms with van der Waals surface area (Å²) in [6.07, 6.45) is 34.0. The number of rotatable bonds is 46. The number of phosphoric acid groups is 1. The summed E-state index contributed by atoms with van der Waals surface area (Å²) < 4.78 is 33.7. The van der Waals surface area contributed by atoms with Crippen LogP contribution in [0.2, 0.25) is 0 Å². The first-order valence-corrected chi connectivity index (χ1v) is 28.5. The van der Waals surface area contributed by atoms with Gasteiger partial charge in [0.15, 0.2) is 6.10 Å². The van der Waals surface area contributed by atoms with Crippen molar-refractivity contribution < 1.29 is 63.1 Å². The van der Waals surface area contributed by atoms with E-state index in [1.54, 1.807) is 0 Å². The van der Waals surface area contributed by atoms with E-state index < -0.39 is 75.7 Å². The molecule has 1 saturated carbocycles. The molecule has 13 nitrogen and oxygen atoms in total. The summed E-state index contributed by atoms with van der Waals surface area (Å²) in [5.41, 5.74) is 0. The van der Waals surface area contributed by atoms with Crippen LogP contribution >= 0.6 is 7.82 Å². The van der Waals surface area contributed by atoms with Crippen molar-refractivity contribution in [2.75, 3.05) is 13.2 Å². The van der Waals surface area contributed by atoms with Crippen molar-refractivity contribution in [3.63, 3.8) is 0 Å². The summed E-state index contributed by atoms with van der Waals surface area (Å²) in [6, 6.07) is 0. The van der Waals surface area contributed by atoms with E-state index in [0.717, 1.165) is 51.4 Å². The molecule has 0 aromatic heterocycles. The first kappa shape index (κ1) is 62.6. The van der Waals surface area contributed by atoms with Gasteiger partial charge in [-0.3, -0.25) is 18.6 Å². The molecular formula is C52H99O13P. The molecule has 0 amide bonds. The van der Waals surface area contributed by atoms with E-state index in [-0.39, 0.29) is 12.8 Å². The van der Waals surface area contributed by atoms with Crippen LogP contribution in [0.5, 0.6) is 0 Å². The number of esters is 2. The third kappa shape index (κ3) is 34.0. The van der Waals surface area contributed by atoms with Gasteiger partial charge in [-0.1, -0.05) is 212 Å². The number of unbranched alkanes of at least 4 members (excludes halogenated alkanes) is 32. The molecule has 390 valence electrons. The highest BCUT2D eigenvalue weighted by molar-refractivity contribution is 7.47. The zero-order valence-corrected chi connectivity index (χ0v) is 42.7. The van der Waals surface area contributed by atoms with Crippen molar-refractivity contribution in [2.24, 2.45) is 0 Å². The minimum absolute atomic E-state index is 0.0963. The Kier molecular flexibility index (Phi) is 40.3. The summed E-state index contributed by atoms with van der Waals surface area (Å²) in [6.45, 7) is 3.34. The van der Waals surface area contributed by atoms with Crippen molar-refractivity contribution in [3.05, 3.63) is 12.2 Å². The third-order valence-electron chi connectivity index (χ3n) is 12.9. The highest BCUT2D eigenvalue weighted by Crippen LogP contribution is 2.47. The predicted molar refractivity (Wildman–Crippen MR) is 263 cm³/mol. The van der Waals surface area contributed by atoms with E-state index in [0.29, 0.717) is 12.8 Å². The second-order valence-electron chi connectivity index (χ2n) is 19.1. The van der Waals surface area contributed by atoms with Gasteiger partial charge in [0.25, 0.3) is 0 Å². The molecule has 1 aliphatic carbocycles. The van der Waals surface area contributed by atoms with Gasteiger partial charge in [-0.25, -0.2) is 4.57 Å². The standard InChI is InChI=1S/C52H99O13P/c1-3-5-7-9-11-13-15-17-19-21-22-23-25-26-28-30-32-34-36-38-40-45(53)62-42-44(43-63-66(60,61)65-52-50(58)48(56)47(55)49(57)51(52)59)64-46(54)41-39-37-35-33-31-29-27-24-20-18-16-14-12-10-8-6-4-2/h18,20,44,47-52,55-59H,3-17,19,21-43H2,1-2H3,(H,60,61)/b20-18+/t44-,47?,48-,49?,50?,51?,52?/m0/s1. The zero-order valence-electron chi connectivity index (χ0n) is 41.8. The maximum Gasteiger partial charge on any atom is 0.472 e. The fraction of sp³-hybridized carbons (Fsp3) is 0.923. The maximum absolute atomic E-state index is 12.9.